The molecule has 0 atom stereocenters. The molecule has 2 aromatic heterocycles. The van der Waals surface area contributed by atoms with Gasteiger partial charge in [0.1, 0.15) is 5.82 Å². The number of hydrogen-bond donors (Lipinski definition) is 3. The van der Waals surface area contributed by atoms with Crippen LogP contribution in [0.5, 0.6) is 0 Å². The summed E-state index contributed by atoms with van der Waals surface area (Å²) in [6, 6.07) is 3.87. The van der Waals surface area contributed by atoms with Gasteiger partial charge in [-0.15, -0.1) is 0 Å². The summed E-state index contributed by atoms with van der Waals surface area (Å²) in [4.78, 5) is 32.6. The second-order valence-electron chi connectivity index (χ2n) is 7.85. The Bertz CT molecular complexity index is 970. The number of aromatic amines is 1. The summed E-state index contributed by atoms with van der Waals surface area (Å²) >= 11 is 0. The number of carbonyl (C=O) groups is 2. The Morgan fingerprint density at radius 2 is 2.10 bits per heavy atom. The van der Waals surface area contributed by atoms with Crippen LogP contribution in [0.25, 0.3) is 6.08 Å². The van der Waals surface area contributed by atoms with Crippen LogP contribution in [-0.2, 0) is 16.0 Å². The van der Waals surface area contributed by atoms with Crippen molar-refractivity contribution < 1.29 is 14.3 Å². The van der Waals surface area contributed by atoms with E-state index in [2.05, 4.69) is 20.6 Å². The monoisotopic (exact) mass is 394 g/mol. The van der Waals surface area contributed by atoms with Gasteiger partial charge in [0.25, 0.3) is 11.8 Å². The third-order valence-electron chi connectivity index (χ3n) is 5.53. The van der Waals surface area contributed by atoms with Crippen molar-refractivity contribution in [3.8, 4) is 0 Å². The molecule has 2 aliphatic heterocycles. The highest BCUT2D eigenvalue weighted by Crippen LogP contribution is 2.26. The molecule has 4 rings (SSSR count). The topological polar surface area (TPSA) is 96.1 Å². The molecule has 29 heavy (non-hydrogen) atoms. The normalized spacial score (nSPS) is 18.4. The fraction of sp³-hybridized carbons (Fsp3) is 0.409. The molecule has 0 bridgehead atoms. The molecule has 0 aliphatic carbocycles. The van der Waals surface area contributed by atoms with Crippen LogP contribution in [0, 0.1) is 19.8 Å². The van der Waals surface area contributed by atoms with Crippen LogP contribution < -0.4 is 10.6 Å². The maximum atomic E-state index is 12.6. The fourth-order valence-electron chi connectivity index (χ4n) is 3.84. The van der Waals surface area contributed by atoms with Crippen LogP contribution in [-0.4, -0.2) is 41.5 Å². The molecular formula is C22H26N4O3. The second-order valence-corrected chi connectivity index (χ2v) is 7.85. The van der Waals surface area contributed by atoms with Crippen LogP contribution in [0.1, 0.15) is 45.7 Å². The maximum Gasteiger partial charge on any atom is 0.253 e. The molecule has 1 saturated heterocycles. The number of H-pyrrole nitrogens is 1. The number of anilines is 1. The summed E-state index contributed by atoms with van der Waals surface area (Å²) in [5, 5.41) is 5.83. The zero-order valence-electron chi connectivity index (χ0n) is 16.8. The second kappa shape index (κ2) is 8.21. The predicted octanol–water partition coefficient (Wildman–Crippen LogP) is 2.76. The van der Waals surface area contributed by atoms with Gasteiger partial charge in [-0.3, -0.25) is 9.59 Å². The van der Waals surface area contributed by atoms with Gasteiger partial charge in [0, 0.05) is 54.9 Å². The minimum Gasteiger partial charge on any atom is -0.381 e. The van der Waals surface area contributed by atoms with Gasteiger partial charge in [0.05, 0.1) is 5.56 Å². The van der Waals surface area contributed by atoms with Crippen molar-refractivity contribution in [3.63, 3.8) is 0 Å². The van der Waals surface area contributed by atoms with E-state index in [0.29, 0.717) is 35.8 Å². The third kappa shape index (κ3) is 4.40. The molecule has 2 amide bonds. The van der Waals surface area contributed by atoms with Crippen LogP contribution in [0.4, 0.5) is 5.82 Å². The third-order valence-corrected chi connectivity index (χ3v) is 5.53. The lowest BCUT2D eigenvalue weighted by molar-refractivity contribution is -0.113. The standard InChI is InChI=1S/C22H26N4O3/c1-13-7-14(2)25-19(13)10-17-8-16-9-18(12-23-20(16)26-22(17)28)21(27)24-11-15-3-5-29-6-4-15/h7,9-10,12,15,25H,3-6,8,11H2,1-2H3,(H,24,27)(H,23,26,28)/b17-10-. The van der Waals surface area contributed by atoms with Crippen LogP contribution in [0.3, 0.4) is 0 Å². The number of carbonyl (C=O) groups excluding carboxylic acids is 2. The predicted molar refractivity (Wildman–Crippen MR) is 111 cm³/mol. The van der Waals surface area contributed by atoms with E-state index in [-0.39, 0.29) is 11.8 Å². The molecule has 0 aromatic carbocycles. The number of aryl methyl sites for hydroxylation is 2. The van der Waals surface area contributed by atoms with Gasteiger partial charge in [-0.1, -0.05) is 0 Å². The van der Waals surface area contributed by atoms with Gasteiger partial charge < -0.3 is 20.4 Å². The number of amides is 2. The highest BCUT2D eigenvalue weighted by atomic mass is 16.5. The minimum atomic E-state index is -0.159. The Hall–Kier alpha value is -2.93. The molecule has 7 heteroatoms. The molecular weight excluding hydrogens is 368 g/mol. The number of nitrogens with zero attached hydrogens (tertiary/aromatic N) is 1. The number of pyridine rings is 1. The first-order chi connectivity index (χ1) is 14.0. The summed E-state index contributed by atoms with van der Waals surface area (Å²) in [5.41, 5.74) is 5.07. The Balaban J connectivity index is 1.49. The van der Waals surface area contributed by atoms with E-state index in [1.165, 1.54) is 6.20 Å². The Kier molecular flexibility index (Phi) is 5.49. The van der Waals surface area contributed by atoms with Crippen molar-refractivity contribution in [3.05, 3.63) is 52.0 Å². The Morgan fingerprint density at radius 1 is 1.31 bits per heavy atom. The molecule has 1 fully saturated rings. The van der Waals surface area contributed by atoms with Gasteiger partial charge in [-0.25, -0.2) is 4.98 Å². The van der Waals surface area contributed by atoms with Crippen molar-refractivity contribution in [1.29, 1.82) is 0 Å². The zero-order valence-corrected chi connectivity index (χ0v) is 16.8. The van der Waals surface area contributed by atoms with Gasteiger partial charge in [-0.2, -0.15) is 0 Å². The quantitative estimate of drug-likeness (QED) is 0.695. The molecule has 152 valence electrons. The summed E-state index contributed by atoms with van der Waals surface area (Å²) < 4.78 is 5.36. The highest BCUT2D eigenvalue weighted by molar-refractivity contribution is 6.09. The van der Waals surface area contributed by atoms with Crippen molar-refractivity contribution >= 4 is 23.7 Å². The SMILES string of the molecule is Cc1cc(C)c(/C=C2/Cc3cc(C(=O)NCC4CCOCC4)cnc3NC2=O)[nH]1. The minimum absolute atomic E-state index is 0.134. The highest BCUT2D eigenvalue weighted by Gasteiger charge is 2.23. The Labute approximate surface area is 169 Å². The van der Waals surface area contributed by atoms with E-state index in [1.54, 1.807) is 0 Å². The number of nitrogens with one attached hydrogen (secondary N) is 3. The summed E-state index contributed by atoms with van der Waals surface area (Å²) in [6.07, 6.45) is 5.78. The molecule has 2 aromatic rings. The molecule has 3 N–H and O–H groups in total. The van der Waals surface area contributed by atoms with Gasteiger partial charge in [0.2, 0.25) is 0 Å². The van der Waals surface area contributed by atoms with E-state index in [9.17, 15) is 9.59 Å². The number of aromatic nitrogens is 2. The summed E-state index contributed by atoms with van der Waals surface area (Å²) in [5.74, 6) is 0.686. The molecule has 0 unspecified atom stereocenters. The van der Waals surface area contributed by atoms with Gasteiger partial charge in [0.15, 0.2) is 0 Å². The number of fused-ring (bicyclic) bond motifs is 1. The van der Waals surface area contributed by atoms with Crippen molar-refractivity contribution in [2.45, 2.75) is 33.1 Å². The van der Waals surface area contributed by atoms with E-state index >= 15 is 0 Å². The Morgan fingerprint density at radius 3 is 2.83 bits per heavy atom. The molecule has 0 saturated carbocycles. The summed E-state index contributed by atoms with van der Waals surface area (Å²) in [6.45, 7) is 6.16. The molecule has 2 aliphatic rings. The first kappa shape index (κ1) is 19.4. The zero-order chi connectivity index (χ0) is 20.4. The lowest BCUT2D eigenvalue weighted by atomic mass is 9.98. The lowest BCUT2D eigenvalue weighted by Gasteiger charge is -2.22. The molecule has 0 spiro atoms. The van der Waals surface area contributed by atoms with Gasteiger partial charge in [-0.05, 0) is 56.4 Å². The van der Waals surface area contributed by atoms with Crippen LogP contribution >= 0.6 is 0 Å². The molecule has 0 radical (unpaired) electrons. The lowest BCUT2D eigenvalue weighted by Crippen LogP contribution is -2.32. The number of rotatable bonds is 4. The van der Waals surface area contributed by atoms with Gasteiger partial charge >= 0.3 is 0 Å². The first-order valence-corrected chi connectivity index (χ1v) is 10.0. The van der Waals surface area contributed by atoms with E-state index in [4.69, 9.17) is 4.74 Å². The summed E-state index contributed by atoms with van der Waals surface area (Å²) in [7, 11) is 0. The van der Waals surface area contributed by atoms with E-state index < -0.39 is 0 Å². The largest absolute Gasteiger partial charge is 0.381 e. The molecule has 7 nitrogen and oxygen atoms in total. The number of ether oxygens (including phenoxy) is 1. The van der Waals surface area contributed by atoms with Crippen molar-refractivity contribution in [2.75, 3.05) is 25.1 Å². The average Bonchev–Trinajstić information content (AvgIpc) is 3.04. The smallest absolute Gasteiger partial charge is 0.253 e. The van der Waals surface area contributed by atoms with E-state index in [0.717, 1.165) is 48.6 Å². The first-order valence-electron chi connectivity index (χ1n) is 10.0. The number of hydrogen-bond acceptors (Lipinski definition) is 4. The van der Waals surface area contributed by atoms with Crippen LogP contribution in [0.2, 0.25) is 0 Å². The van der Waals surface area contributed by atoms with Crippen LogP contribution in [0.15, 0.2) is 23.9 Å². The van der Waals surface area contributed by atoms with E-state index in [1.807, 2.05) is 32.1 Å². The average molecular weight is 394 g/mol. The molecule has 4 heterocycles. The van der Waals surface area contributed by atoms with Crippen molar-refractivity contribution in [2.24, 2.45) is 5.92 Å². The fourth-order valence-corrected chi connectivity index (χ4v) is 3.84. The van der Waals surface area contributed by atoms with Crippen molar-refractivity contribution in [1.82, 2.24) is 15.3 Å². The maximum absolute atomic E-state index is 12.6.